The van der Waals surface area contributed by atoms with Crippen LogP contribution in [-0.2, 0) is 19.6 Å². The largest absolute Gasteiger partial charge is 0.495 e. The fourth-order valence-electron chi connectivity index (χ4n) is 3.67. The van der Waals surface area contributed by atoms with Crippen LogP contribution in [0.25, 0.3) is 0 Å². The number of para-hydroxylation sites is 1. The zero-order valence-electron chi connectivity index (χ0n) is 18.5. The van der Waals surface area contributed by atoms with Gasteiger partial charge in [-0.25, -0.2) is 13.2 Å². The number of nitrogens with zero attached hydrogens (tertiary/aromatic N) is 1. The summed E-state index contributed by atoms with van der Waals surface area (Å²) in [7, 11) is -2.49. The molecule has 0 aromatic heterocycles. The molecule has 8 nitrogen and oxygen atoms in total. The Morgan fingerprint density at radius 3 is 2.59 bits per heavy atom. The van der Waals surface area contributed by atoms with Crippen LogP contribution in [0.3, 0.4) is 0 Å². The van der Waals surface area contributed by atoms with Crippen LogP contribution in [0.5, 0.6) is 5.75 Å². The van der Waals surface area contributed by atoms with Gasteiger partial charge < -0.3 is 14.8 Å². The molecule has 0 aliphatic carbocycles. The maximum atomic E-state index is 13.3. The van der Waals surface area contributed by atoms with Gasteiger partial charge in [0.25, 0.3) is 5.91 Å². The minimum atomic E-state index is -3.87. The second kappa shape index (κ2) is 10.1. The summed E-state index contributed by atoms with van der Waals surface area (Å²) in [5, 5.41) is 2.68. The fraction of sp³-hybridized carbons (Fsp3) is 0.391. The molecule has 1 saturated heterocycles. The van der Waals surface area contributed by atoms with Gasteiger partial charge in [0.2, 0.25) is 10.0 Å². The summed E-state index contributed by atoms with van der Waals surface area (Å²) in [6.07, 6.45) is 2.53. The second-order valence-corrected chi connectivity index (χ2v) is 9.62. The lowest BCUT2D eigenvalue weighted by molar-refractivity contribution is -0.119. The van der Waals surface area contributed by atoms with Crippen LogP contribution in [-0.4, -0.2) is 50.9 Å². The molecule has 32 heavy (non-hydrogen) atoms. The van der Waals surface area contributed by atoms with Crippen molar-refractivity contribution < 1.29 is 27.5 Å². The van der Waals surface area contributed by atoms with Gasteiger partial charge in [0.1, 0.15) is 10.6 Å². The van der Waals surface area contributed by atoms with Gasteiger partial charge in [0.15, 0.2) is 6.61 Å². The van der Waals surface area contributed by atoms with Crippen molar-refractivity contribution in [2.45, 2.75) is 44.0 Å². The van der Waals surface area contributed by atoms with Crippen molar-refractivity contribution in [2.24, 2.45) is 0 Å². The second-order valence-electron chi connectivity index (χ2n) is 7.77. The Hall–Kier alpha value is -2.91. The number of esters is 1. The molecule has 0 radical (unpaired) electrons. The van der Waals surface area contributed by atoms with Crippen LogP contribution >= 0.6 is 0 Å². The highest BCUT2D eigenvalue weighted by Crippen LogP contribution is 2.31. The standard InChI is InChI=1S/C23H28N2O6S/c1-16-8-4-5-10-19(16)24-22(26)15-31-23(27)18-11-12-20(30-3)21(14-18)32(28,29)25-13-7-6-9-17(25)2/h4-5,8,10-12,14,17H,6-7,9,13,15H2,1-3H3,(H,24,26)/t17-/m1/s1. The minimum absolute atomic E-state index is 0.0257. The van der Waals surface area contributed by atoms with Gasteiger partial charge in [-0.1, -0.05) is 24.6 Å². The highest BCUT2D eigenvalue weighted by atomic mass is 32.2. The maximum Gasteiger partial charge on any atom is 0.338 e. The molecule has 2 aromatic rings. The van der Waals surface area contributed by atoms with Crippen molar-refractivity contribution >= 4 is 27.6 Å². The Bertz CT molecular complexity index is 1100. The first-order valence-corrected chi connectivity index (χ1v) is 11.9. The molecule has 2 aromatic carbocycles. The summed E-state index contributed by atoms with van der Waals surface area (Å²) in [5.41, 5.74) is 1.53. The van der Waals surface area contributed by atoms with Crippen molar-refractivity contribution in [2.75, 3.05) is 25.6 Å². The average molecular weight is 461 g/mol. The van der Waals surface area contributed by atoms with Gasteiger partial charge in [-0.2, -0.15) is 4.31 Å². The van der Waals surface area contributed by atoms with E-state index in [0.29, 0.717) is 12.2 Å². The molecule has 1 aliphatic rings. The van der Waals surface area contributed by atoms with E-state index in [1.54, 1.807) is 12.1 Å². The average Bonchev–Trinajstić information content (AvgIpc) is 2.78. The van der Waals surface area contributed by atoms with Crippen molar-refractivity contribution in [1.82, 2.24) is 4.31 Å². The molecule has 3 rings (SSSR count). The molecule has 1 N–H and O–H groups in total. The predicted octanol–water partition coefficient (Wildman–Crippen LogP) is 3.36. The Kier molecular flexibility index (Phi) is 7.52. The number of aryl methyl sites for hydroxylation is 1. The van der Waals surface area contributed by atoms with E-state index in [1.165, 1.54) is 29.6 Å². The van der Waals surface area contributed by atoms with Crippen LogP contribution in [0.4, 0.5) is 5.69 Å². The van der Waals surface area contributed by atoms with Crippen LogP contribution in [0, 0.1) is 6.92 Å². The van der Waals surface area contributed by atoms with Crippen molar-refractivity contribution in [1.29, 1.82) is 0 Å². The number of carbonyl (C=O) groups excluding carboxylic acids is 2. The number of sulfonamides is 1. The smallest absolute Gasteiger partial charge is 0.338 e. The Morgan fingerprint density at radius 1 is 1.16 bits per heavy atom. The number of rotatable bonds is 7. The minimum Gasteiger partial charge on any atom is -0.495 e. The first-order valence-electron chi connectivity index (χ1n) is 10.5. The highest BCUT2D eigenvalue weighted by molar-refractivity contribution is 7.89. The first kappa shape index (κ1) is 23.7. The molecule has 0 spiro atoms. The normalized spacial score (nSPS) is 16.9. The van der Waals surface area contributed by atoms with Crippen molar-refractivity contribution in [3.05, 3.63) is 53.6 Å². The molecule has 0 saturated carbocycles. The molecule has 1 heterocycles. The lowest BCUT2D eigenvalue weighted by Gasteiger charge is -2.32. The van der Waals surface area contributed by atoms with Crippen LogP contribution < -0.4 is 10.1 Å². The monoisotopic (exact) mass is 460 g/mol. The van der Waals surface area contributed by atoms with Crippen LogP contribution in [0.15, 0.2) is 47.4 Å². The van der Waals surface area contributed by atoms with Crippen LogP contribution in [0.2, 0.25) is 0 Å². The third-order valence-corrected chi connectivity index (χ3v) is 7.52. The molecular weight excluding hydrogens is 432 g/mol. The number of amides is 1. The Labute approximate surface area is 188 Å². The topological polar surface area (TPSA) is 102 Å². The number of carbonyl (C=O) groups is 2. The number of ether oxygens (including phenoxy) is 2. The quantitative estimate of drug-likeness (QED) is 0.636. The van der Waals surface area contributed by atoms with E-state index >= 15 is 0 Å². The van der Waals surface area contributed by atoms with E-state index in [1.807, 2.05) is 26.0 Å². The first-order chi connectivity index (χ1) is 15.2. The maximum absolute atomic E-state index is 13.3. The summed E-state index contributed by atoms with van der Waals surface area (Å²) in [4.78, 5) is 24.6. The summed E-state index contributed by atoms with van der Waals surface area (Å²) in [5.74, 6) is -1.14. The van der Waals surface area contributed by atoms with E-state index in [9.17, 15) is 18.0 Å². The number of piperidine rings is 1. The van der Waals surface area contributed by atoms with E-state index in [0.717, 1.165) is 24.8 Å². The lowest BCUT2D eigenvalue weighted by Crippen LogP contribution is -2.42. The van der Waals surface area contributed by atoms with Gasteiger partial charge in [0.05, 0.1) is 12.7 Å². The summed E-state index contributed by atoms with van der Waals surface area (Å²) in [6, 6.07) is 11.2. The summed E-state index contributed by atoms with van der Waals surface area (Å²) < 4.78 is 38.4. The molecule has 0 bridgehead atoms. The van der Waals surface area contributed by atoms with E-state index in [2.05, 4.69) is 5.32 Å². The highest BCUT2D eigenvalue weighted by Gasteiger charge is 2.33. The molecule has 172 valence electrons. The van der Waals surface area contributed by atoms with Crippen molar-refractivity contribution in [3.8, 4) is 5.75 Å². The van der Waals surface area contributed by atoms with Gasteiger partial charge in [-0.05, 0) is 56.5 Å². The lowest BCUT2D eigenvalue weighted by atomic mass is 10.1. The molecule has 9 heteroatoms. The van der Waals surface area contributed by atoms with Gasteiger partial charge in [-0.3, -0.25) is 4.79 Å². The molecular formula is C23H28N2O6S. The number of methoxy groups -OCH3 is 1. The van der Waals surface area contributed by atoms with Crippen molar-refractivity contribution in [3.63, 3.8) is 0 Å². The number of nitrogens with one attached hydrogen (secondary N) is 1. The third-order valence-electron chi connectivity index (χ3n) is 5.48. The number of anilines is 1. The van der Waals surface area contributed by atoms with Gasteiger partial charge in [-0.15, -0.1) is 0 Å². The van der Waals surface area contributed by atoms with E-state index in [-0.39, 0.29) is 22.3 Å². The van der Waals surface area contributed by atoms with Gasteiger partial charge in [0, 0.05) is 18.3 Å². The van der Waals surface area contributed by atoms with Crippen LogP contribution in [0.1, 0.15) is 42.1 Å². The Balaban J connectivity index is 1.75. The van der Waals surface area contributed by atoms with E-state index in [4.69, 9.17) is 9.47 Å². The fourth-order valence-corrected chi connectivity index (χ4v) is 5.56. The number of hydrogen-bond acceptors (Lipinski definition) is 6. The summed E-state index contributed by atoms with van der Waals surface area (Å²) in [6.45, 7) is 3.64. The predicted molar refractivity (Wildman–Crippen MR) is 120 cm³/mol. The molecule has 1 amide bonds. The SMILES string of the molecule is COc1ccc(C(=O)OCC(=O)Nc2ccccc2C)cc1S(=O)(=O)N1CCCC[C@H]1C. The zero-order chi connectivity index (χ0) is 23.3. The molecule has 1 aliphatic heterocycles. The van der Waals surface area contributed by atoms with E-state index < -0.39 is 28.5 Å². The third kappa shape index (κ3) is 5.28. The molecule has 1 fully saturated rings. The molecule has 0 unspecified atom stereocenters. The number of hydrogen-bond donors (Lipinski definition) is 1. The Morgan fingerprint density at radius 2 is 1.91 bits per heavy atom. The molecule has 1 atom stereocenters. The van der Waals surface area contributed by atoms with Gasteiger partial charge >= 0.3 is 5.97 Å². The summed E-state index contributed by atoms with van der Waals surface area (Å²) >= 11 is 0. The number of benzene rings is 2. The zero-order valence-corrected chi connectivity index (χ0v) is 19.3.